The van der Waals surface area contributed by atoms with Crippen LogP contribution in [0.2, 0.25) is 0 Å². The van der Waals surface area contributed by atoms with E-state index in [1.807, 2.05) is 31.2 Å². The number of aliphatic hydroxyl groups is 1. The number of nitrogens with one attached hydrogen (secondary N) is 2. The van der Waals surface area contributed by atoms with Gasteiger partial charge in [-0.3, -0.25) is 0 Å². The van der Waals surface area contributed by atoms with E-state index in [0.717, 1.165) is 10.6 Å². The van der Waals surface area contributed by atoms with Crippen LogP contribution in [0.1, 0.15) is 26.3 Å². The van der Waals surface area contributed by atoms with E-state index in [1.165, 1.54) is 0 Å². The van der Waals surface area contributed by atoms with Crippen LogP contribution in [0.5, 0.6) is 0 Å². The van der Waals surface area contributed by atoms with Gasteiger partial charge in [-0.2, -0.15) is 13.4 Å². The SMILES string of the molecule is Cc1ccccc1S(=O)(=O)N=S(C)c1ccc(Nc2ncc(Br)c(N[C@H](C)C(C)(C)O)n2)cc1. The molecule has 8 nitrogen and oxygen atoms in total. The molecule has 2 aromatic carbocycles. The smallest absolute Gasteiger partial charge is 0.288 e. The fourth-order valence-corrected chi connectivity index (χ4v) is 6.25. The molecular formula is C23H28BrN5O3S2. The highest BCUT2D eigenvalue weighted by atomic mass is 79.9. The van der Waals surface area contributed by atoms with E-state index >= 15 is 0 Å². The van der Waals surface area contributed by atoms with Crippen molar-refractivity contribution in [2.24, 2.45) is 3.77 Å². The van der Waals surface area contributed by atoms with Gasteiger partial charge in [-0.1, -0.05) is 28.9 Å². The van der Waals surface area contributed by atoms with E-state index in [-0.39, 0.29) is 10.9 Å². The number of hydrogen-bond acceptors (Lipinski definition) is 7. The Morgan fingerprint density at radius 3 is 2.41 bits per heavy atom. The molecule has 3 rings (SSSR count). The summed E-state index contributed by atoms with van der Waals surface area (Å²) in [4.78, 5) is 9.78. The highest BCUT2D eigenvalue weighted by Gasteiger charge is 2.23. The zero-order valence-corrected chi connectivity index (χ0v) is 22.8. The van der Waals surface area contributed by atoms with Gasteiger partial charge in [0.25, 0.3) is 10.0 Å². The summed E-state index contributed by atoms with van der Waals surface area (Å²) in [7, 11) is -4.60. The van der Waals surface area contributed by atoms with Gasteiger partial charge in [0.05, 0.1) is 21.0 Å². The number of halogens is 1. The lowest BCUT2D eigenvalue weighted by atomic mass is 10.0. The summed E-state index contributed by atoms with van der Waals surface area (Å²) >= 11 is 3.43. The second kappa shape index (κ2) is 10.5. The van der Waals surface area contributed by atoms with Crippen molar-refractivity contribution in [1.29, 1.82) is 0 Å². The van der Waals surface area contributed by atoms with E-state index in [1.54, 1.807) is 57.5 Å². The average Bonchev–Trinajstić information content (AvgIpc) is 2.75. The normalized spacial score (nSPS) is 14.0. The summed E-state index contributed by atoms with van der Waals surface area (Å²) in [5.41, 5.74) is 0.484. The number of nitrogens with zero attached hydrogens (tertiary/aromatic N) is 3. The van der Waals surface area contributed by atoms with Crippen LogP contribution in [0.4, 0.5) is 17.5 Å². The largest absolute Gasteiger partial charge is 0.388 e. The first-order chi connectivity index (χ1) is 15.9. The molecule has 0 saturated heterocycles. The third kappa shape index (κ3) is 6.62. The number of sulfonamides is 1. The minimum Gasteiger partial charge on any atom is -0.388 e. The quantitative estimate of drug-likeness (QED) is 0.350. The van der Waals surface area contributed by atoms with Gasteiger partial charge in [0.1, 0.15) is 5.82 Å². The van der Waals surface area contributed by atoms with Crippen LogP contribution in [0.15, 0.2) is 72.8 Å². The van der Waals surface area contributed by atoms with Gasteiger partial charge in [0.15, 0.2) is 0 Å². The Bertz CT molecular complexity index is 1310. The van der Waals surface area contributed by atoms with Crippen LogP contribution in [0.25, 0.3) is 0 Å². The number of aryl methyl sites for hydroxylation is 1. The van der Waals surface area contributed by atoms with E-state index in [2.05, 4.69) is 40.3 Å². The van der Waals surface area contributed by atoms with Crippen molar-refractivity contribution in [3.05, 3.63) is 64.8 Å². The van der Waals surface area contributed by atoms with Crippen molar-refractivity contribution < 1.29 is 13.5 Å². The lowest BCUT2D eigenvalue weighted by Gasteiger charge is -2.27. The number of rotatable bonds is 8. The van der Waals surface area contributed by atoms with Crippen molar-refractivity contribution in [2.75, 3.05) is 16.9 Å². The molecule has 0 aliphatic carbocycles. The average molecular weight is 567 g/mol. The Morgan fingerprint density at radius 2 is 1.79 bits per heavy atom. The summed E-state index contributed by atoms with van der Waals surface area (Å²) in [5.74, 6) is 0.933. The number of hydrogen-bond donors (Lipinski definition) is 3. The highest BCUT2D eigenvalue weighted by Crippen LogP contribution is 2.25. The Morgan fingerprint density at radius 1 is 1.15 bits per heavy atom. The predicted octanol–water partition coefficient (Wildman–Crippen LogP) is 5.04. The molecule has 1 unspecified atom stereocenters. The molecule has 1 aromatic heterocycles. The molecule has 3 aromatic rings. The van der Waals surface area contributed by atoms with Gasteiger partial charge in [-0.15, -0.1) is 3.77 Å². The van der Waals surface area contributed by atoms with Crippen LogP contribution >= 0.6 is 15.9 Å². The molecule has 182 valence electrons. The van der Waals surface area contributed by atoms with E-state index < -0.39 is 26.3 Å². The molecule has 0 spiro atoms. The first-order valence-corrected chi connectivity index (χ1v) is 14.3. The highest BCUT2D eigenvalue weighted by molar-refractivity contribution is 9.10. The van der Waals surface area contributed by atoms with Gasteiger partial charge in [0.2, 0.25) is 5.95 Å². The number of benzene rings is 2. The van der Waals surface area contributed by atoms with Gasteiger partial charge in [0, 0.05) is 16.8 Å². The van der Waals surface area contributed by atoms with Crippen molar-refractivity contribution in [2.45, 2.75) is 49.1 Å². The summed E-state index contributed by atoms with van der Waals surface area (Å²) in [6, 6.07) is 13.9. The number of anilines is 3. The molecule has 0 amide bonds. The van der Waals surface area contributed by atoms with Crippen molar-refractivity contribution in [3.8, 4) is 0 Å². The third-order valence-corrected chi connectivity index (χ3v) is 9.42. The van der Waals surface area contributed by atoms with Crippen LogP contribution in [-0.4, -0.2) is 41.4 Å². The summed E-state index contributed by atoms with van der Waals surface area (Å²) < 4.78 is 30.2. The standard InChI is InChI=1S/C23H28BrN5O3S2/c1-15-8-6-7-9-20(15)34(31,32)29-33(5)18-12-10-17(11-13-18)27-22-25-14-19(24)21(28-22)26-16(2)23(3,4)30/h6-14,16,30H,1-5H3,(H2,25,26,27,28)/t16-,33?/m1/s1. The predicted molar refractivity (Wildman–Crippen MR) is 141 cm³/mol. The molecule has 34 heavy (non-hydrogen) atoms. The molecule has 0 radical (unpaired) electrons. The first kappa shape index (κ1) is 26.3. The van der Waals surface area contributed by atoms with Crippen molar-refractivity contribution in [1.82, 2.24) is 9.97 Å². The summed E-state index contributed by atoms with van der Waals surface area (Å²) in [6.45, 7) is 7.07. The lowest BCUT2D eigenvalue weighted by molar-refractivity contribution is 0.0647. The Kier molecular flexibility index (Phi) is 8.12. The Hall–Kier alpha value is -2.34. The molecule has 3 N–H and O–H groups in total. The zero-order valence-electron chi connectivity index (χ0n) is 19.6. The van der Waals surface area contributed by atoms with Gasteiger partial charge < -0.3 is 15.7 Å². The minimum absolute atomic E-state index is 0.225. The van der Waals surface area contributed by atoms with Crippen LogP contribution < -0.4 is 10.6 Å². The van der Waals surface area contributed by atoms with Crippen molar-refractivity contribution >= 4 is 54.1 Å². The van der Waals surface area contributed by atoms with Crippen LogP contribution in [0.3, 0.4) is 0 Å². The fourth-order valence-electron chi connectivity index (χ4n) is 2.85. The maximum absolute atomic E-state index is 12.7. The third-order valence-electron chi connectivity index (χ3n) is 5.19. The Labute approximate surface area is 211 Å². The minimum atomic E-state index is -3.75. The van der Waals surface area contributed by atoms with Crippen molar-refractivity contribution in [3.63, 3.8) is 0 Å². The molecule has 0 aliphatic heterocycles. The van der Waals surface area contributed by atoms with Crippen LogP contribution in [0, 0.1) is 6.92 Å². The van der Waals surface area contributed by atoms with Gasteiger partial charge in [-0.25, -0.2) is 4.98 Å². The van der Waals surface area contributed by atoms with Gasteiger partial charge >= 0.3 is 0 Å². The van der Waals surface area contributed by atoms with E-state index in [0.29, 0.717) is 21.8 Å². The second-order valence-corrected chi connectivity index (χ2v) is 12.6. The Balaban J connectivity index is 1.77. The molecule has 0 fully saturated rings. The summed E-state index contributed by atoms with van der Waals surface area (Å²) in [6.07, 6.45) is 3.40. The summed E-state index contributed by atoms with van der Waals surface area (Å²) in [5, 5.41) is 16.5. The lowest BCUT2D eigenvalue weighted by Crippen LogP contribution is -2.39. The zero-order chi connectivity index (χ0) is 25.1. The fraction of sp³-hybridized carbons (Fsp3) is 0.304. The molecule has 0 bridgehead atoms. The molecule has 11 heteroatoms. The topological polar surface area (TPSA) is 117 Å². The molecule has 0 saturated carbocycles. The molecular weight excluding hydrogens is 538 g/mol. The first-order valence-electron chi connectivity index (χ1n) is 10.4. The maximum atomic E-state index is 12.7. The maximum Gasteiger partial charge on any atom is 0.288 e. The molecule has 0 aliphatic rings. The second-order valence-electron chi connectivity index (χ2n) is 8.35. The van der Waals surface area contributed by atoms with E-state index in [9.17, 15) is 13.5 Å². The molecule has 2 atom stereocenters. The monoisotopic (exact) mass is 565 g/mol. The van der Waals surface area contributed by atoms with E-state index in [4.69, 9.17) is 0 Å². The molecule has 1 heterocycles. The van der Waals surface area contributed by atoms with Crippen LogP contribution in [-0.2, 0) is 20.7 Å². The number of aromatic nitrogens is 2. The van der Waals surface area contributed by atoms with Gasteiger partial charge in [-0.05, 0) is 85.8 Å².